The molecule has 1 saturated heterocycles. The van der Waals surface area contributed by atoms with Gasteiger partial charge in [-0.25, -0.2) is 14.4 Å². The molecule has 1 atom stereocenters. The molecule has 0 amide bonds. The number of piperidine rings is 1. The molecule has 40 heavy (non-hydrogen) atoms. The third-order valence-corrected chi connectivity index (χ3v) is 6.63. The van der Waals surface area contributed by atoms with Crippen LogP contribution in [-0.4, -0.2) is 39.8 Å². The van der Waals surface area contributed by atoms with Crippen molar-refractivity contribution in [3.63, 3.8) is 0 Å². The van der Waals surface area contributed by atoms with E-state index in [4.69, 9.17) is 10.5 Å². The monoisotopic (exact) mass is 550 g/mol. The number of rotatable bonds is 7. The summed E-state index contributed by atoms with van der Waals surface area (Å²) in [4.78, 5) is 9.88. The van der Waals surface area contributed by atoms with Gasteiger partial charge in [0, 0.05) is 30.4 Å². The number of halogens is 4. The summed E-state index contributed by atoms with van der Waals surface area (Å²) >= 11 is 0. The van der Waals surface area contributed by atoms with Crippen LogP contribution in [0.15, 0.2) is 73.2 Å². The number of hydrogen-bond donors (Lipinski definition) is 1. The van der Waals surface area contributed by atoms with Crippen molar-refractivity contribution < 1.29 is 22.3 Å². The number of anilines is 1. The Labute approximate surface area is 228 Å². The molecule has 1 aliphatic heterocycles. The summed E-state index contributed by atoms with van der Waals surface area (Å²) in [5.74, 6) is -1.27. The smallest absolute Gasteiger partial charge is 0.422 e. The molecule has 2 aromatic heterocycles. The molecular weight excluding hydrogens is 524 g/mol. The molecule has 0 saturated carbocycles. The maximum absolute atomic E-state index is 15.6. The van der Waals surface area contributed by atoms with Crippen molar-refractivity contribution >= 4 is 17.6 Å². The van der Waals surface area contributed by atoms with Gasteiger partial charge in [0.1, 0.15) is 17.1 Å². The van der Waals surface area contributed by atoms with Crippen LogP contribution in [0.3, 0.4) is 0 Å². The second kappa shape index (κ2) is 11.8. The molecule has 2 aromatic carbocycles. The Bertz CT molecular complexity index is 1480. The Hall–Kier alpha value is -4.38. The van der Waals surface area contributed by atoms with E-state index in [0.29, 0.717) is 37.3 Å². The van der Waals surface area contributed by atoms with E-state index in [0.717, 1.165) is 12.5 Å². The molecular formula is C29H26F4N6O. The molecule has 4 aromatic rings. The first kappa shape index (κ1) is 27.2. The van der Waals surface area contributed by atoms with Crippen LogP contribution in [0.25, 0.3) is 23.2 Å². The second-order valence-corrected chi connectivity index (χ2v) is 9.37. The van der Waals surface area contributed by atoms with Gasteiger partial charge in [0.25, 0.3) is 0 Å². The lowest BCUT2D eigenvalue weighted by Crippen LogP contribution is -2.39. The molecule has 1 aliphatic rings. The Balaban J connectivity index is 1.63. The molecule has 206 valence electrons. The molecule has 2 N–H and O–H groups in total. The van der Waals surface area contributed by atoms with Crippen molar-refractivity contribution in [1.82, 2.24) is 20.2 Å². The van der Waals surface area contributed by atoms with Crippen LogP contribution in [0.5, 0.6) is 11.5 Å². The van der Waals surface area contributed by atoms with E-state index in [1.54, 1.807) is 47.4 Å². The minimum Gasteiger partial charge on any atom is -0.457 e. The van der Waals surface area contributed by atoms with Crippen molar-refractivity contribution in [3.05, 3.63) is 90.1 Å². The predicted octanol–water partition coefficient (Wildman–Crippen LogP) is 6.39. The van der Waals surface area contributed by atoms with Gasteiger partial charge in [0.05, 0.1) is 23.8 Å². The summed E-state index contributed by atoms with van der Waals surface area (Å²) < 4.78 is 65.6. The van der Waals surface area contributed by atoms with Gasteiger partial charge in [0.15, 0.2) is 11.7 Å². The topological polar surface area (TPSA) is 90.1 Å². The van der Waals surface area contributed by atoms with Gasteiger partial charge in [-0.15, -0.1) is 0 Å². The number of nitrogens with two attached hydrogens (primary N) is 1. The van der Waals surface area contributed by atoms with Gasteiger partial charge < -0.3 is 15.4 Å². The first-order valence-corrected chi connectivity index (χ1v) is 12.7. The zero-order valence-electron chi connectivity index (χ0n) is 21.4. The number of nitrogens with zero attached hydrogens (tertiary/aromatic N) is 5. The molecule has 11 heteroatoms. The van der Waals surface area contributed by atoms with Crippen molar-refractivity contribution in [2.75, 3.05) is 24.5 Å². The molecule has 0 bridgehead atoms. The van der Waals surface area contributed by atoms with Gasteiger partial charge in [0.2, 0.25) is 0 Å². The first-order chi connectivity index (χ1) is 19.3. The van der Waals surface area contributed by atoms with Crippen molar-refractivity contribution in [1.29, 1.82) is 0 Å². The highest BCUT2D eigenvalue weighted by Crippen LogP contribution is 2.47. The first-order valence-electron chi connectivity index (χ1n) is 12.7. The van der Waals surface area contributed by atoms with Crippen LogP contribution >= 0.6 is 0 Å². The lowest BCUT2D eigenvalue weighted by atomic mass is 9.95. The van der Waals surface area contributed by atoms with Crippen molar-refractivity contribution in [2.45, 2.75) is 19.0 Å². The zero-order valence-corrected chi connectivity index (χ0v) is 21.4. The molecule has 1 fully saturated rings. The average molecular weight is 551 g/mol. The maximum Gasteiger partial charge on any atom is 0.422 e. The largest absolute Gasteiger partial charge is 0.457 e. The fourth-order valence-electron chi connectivity index (χ4n) is 4.76. The second-order valence-electron chi connectivity index (χ2n) is 9.37. The van der Waals surface area contributed by atoms with Crippen LogP contribution in [-0.2, 0) is 6.18 Å². The van der Waals surface area contributed by atoms with E-state index in [1.807, 2.05) is 0 Å². The van der Waals surface area contributed by atoms with E-state index in [9.17, 15) is 13.2 Å². The van der Waals surface area contributed by atoms with Crippen LogP contribution in [0.1, 0.15) is 29.8 Å². The Morgan fingerprint density at radius 3 is 2.60 bits per heavy atom. The minimum atomic E-state index is -4.79. The summed E-state index contributed by atoms with van der Waals surface area (Å²) in [6.45, 7) is 0.998. The highest BCUT2D eigenvalue weighted by atomic mass is 19.4. The molecule has 0 radical (unpaired) electrons. The van der Waals surface area contributed by atoms with Crippen LogP contribution < -0.4 is 15.4 Å². The van der Waals surface area contributed by atoms with Crippen LogP contribution in [0.4, 0.5) is 23.2 Å². The number of para-hydroxylation sites is 1. The third kappa shape index (κ3) is 6.09. The van der Waals surface area contributed by atoms with E-state index >= 15 is 4.39 Å². The third-order valence-electron chi connectivity index (χ3n) is 6.63. The van der Waals surface area contributed by atoms with Crippen LogP contribution in [0, 0.1) is 5.92 Å². The normalized spacial score (nSPS) is 16.2. The summed E-state index contributed by atoms with van der Waals surface area (Å²) in [5, 5.41) is 7.52. The van der Waals surface area contributed by atoms with Gasteiger partial charge in [-0.2, -0.15) is 23.4 Å². The van der Waals surface area contributed by atoms with Crippen molar-refractivity contribution in [2.24, 2.45) is 11.7 Å². The Kier molecular flexibility index (Phi) is 8.01. The average Bonchev–Trinajstić information content (AvgIpc) is 2.98. The number of hydrogen-bond acceptors (Lipinski definition) is 7. The summed E-state index contributed by atoms with van der Waals surface area (Å²) in [6.07, 6.45) is 2.02. The minimum absolute atomic E-state index is 0.00388. The van der Waals surface area contributed by atoms with Gasteiger partial charge in [-0.1, -0.05) is 18.2 Å². The fourth-order valence-corrected chi connectivity index (χ4v) is 4.76. The molecule has 3 heterocycles. The summed E-state index contributed by atoms with van der Waals surface area (Å²) in [5.41, 5.74) is 5.76. The lowest BCUT2D eigenvalue weighted by molar-refractivity contribution is -0.138. The van der Waals surface area contributed by atoms with Gasteiger partial charge >= 0.3 is 6.18 Å². The molecule has 0 spiro atoms. The molecule has 5 rings (SSSR count). The maximum atomic E-state index is 15.6. The highest BCUT2D eigenvalue weighted by Gasteiger charge is 2.41. The summed E-state index contributed by atoms with van der Waals surface area (Å²) in [6, 6.07) is 14.1. The van der Waals surface area contributed by atoms with Crippen molar-refractivity contribution in [3.8, 4) is 22.8 Å². The molecule has 0 aliphatic carbocycles. The number of benzene rings is 2. The van der Waals surface area contributed by atoms with E-state index < -0.39 is 17.6 Å². The van der Waals surface area contributed by atoms with Gasteiger partial charge in [-0.05, 0) is 67.8 Å². The van der Waals surface area contributed by atoms with Crippen LogP contribution in [0.2, 0.25) is 0 Å². The van der Waals surface area contributed by atoms with E-state index in [-0.39, 0.29) is 34.5 Å². The quantitative estimate of drug-likeness (QED) is 0.267. The molecule has 0 unspecified atom stereocenters. The predicted molar refractivity (Wildman–Crippen MR) is 144 cm³/mol. The SMILES string of the molecule is NC[C@@H]1CCCN(c2c(/C=C(\F)c3nccc(-c4ccnnc4)n3)ccc(Oc3ccccc3)c2C(F)(F)F)C1. The Morgan fingerprint density at radius 2 is 1.88 bits per heavy atom. The van der Waals surface area contributed by atoms with E-state index in [1.165, 1.54) is 30.7 Å². The highest BCUT2D eigenvalue weighted by molar-refractivity contribution is 5.83. The standard InChI is InChI=1S/C29H26F4N6O/c30-23(28-35-12-11-24(38-28)21-10-13-36-37-17-21)15-20-8-9-25(40-22-6-2-1-3-7-22)26(29(31,32)33)27(20)39-14-4-5-19(16-34)18-39/h1-3,6-13,15,17,19H,4-5,14,16,18,34H2/b23-15-/t19-/m0/s1. The number of ether oxygens (including phenoxy) is 1. The lowest BCUT2D eigenvalue weighted by Gasteiger charge is -2.36. The van der Waals surface area contributed by atoms with E-state index in [2.05, 4.69) is 20.2 Å². The zero-order chi connectivity index (χ0) is 28.1. The van der Waals surface area contributed by atoms with Gasteiger partial charge in [-0.3, -0.25) is 0 Å². The number of alkyl halides is 3. The molecule has 7 nitrogen and oxygen atoms in total. The Morgan fingerprint density at radius 1 is 1.05 bits per heavy atom. The fraction of sp³-hybridized carbons (Fsp3) is 0.241. The number of aromatic nitrogens is 4. The summed E-state index contributed by atoms with van der Waals surface area (Å²) in [7, 11) is 0.